The monoisotopic (exact) mass is 334 g/mol. The van der Waals surface area contributed by atoms with E-state index in [1.165, 1.54) is 5.56 Å². The molecule has 0 spiro atoms. The van der Waals surface area contributed by atoms with Gasteiger partial charge in [-0.15, -0.1) is 0 Å². The number of hydrogen-bond donors (Lipinski definition) is 2. The molecule has 0 aliphatic carbocycles. The number of H-pyrrole nitrogens is 1. The minimum Gasteiger partial charge on any atom is -0.488 e. The topological polar surface area (TPSA) is 54.1 Å². The van der Waals surface area contributed by atoms with Crippen molar-refractivity contribution in [2.24, 2.45) is 0 Å². The second-order valence-corrected chi connectivity index (χ2v) is 7.31. The quantitative estimate of drug-likeness (QED) is 0.743. The third kappa shape index (κ3) is 3.38. The van der Waals surface area contributed by atoms with Gasteiger partial charge in [0, 0.05) is 17.4 Å². The summed E-state index contributed by atoms with van der Waals surface area (Å²) >= 11 is 0. The number of ether oxygens (including phenoxy) is 1. The van der Waals surface area contributed by atoms with Gasteiger partial charge in [0.1, 0.15) is 11.4 Å². The molecule has 1 aliphatic heterocycles. The maximum absolute atomic E-state index is 12.4. The summed E-state index contributed by atoms with van der Waals surface area (Å²) in [5, 5.41) is 4.11. The summed E-state index contributed by atoms with van der Waals surface area (Å²) < 4.78 is 6.00. The lowest BCUT2D eigenvalue weighted by atomic mass is 9.93. The van der Waals surface area contributed by atoms with Gasteiger partial charge in [-0.3, -0.25) is 4.79 Å². The molecule has 0 radical (unpaired) electrons. The molecule has 3 aromatic rings. The third-order valence-corrected chi connectivity index (χ3v) is 4.71. The van der Waals surface area contributed by atoms with Crippen LogP contribution in [-0.2, 0) is 17.6 Å². The lowest BCUT2D eigenvalue weighted by Gasteiger charge is -2.32. The lowest BCUT2D eigenvalue weighted by Crippen LogP contribution is -2.32. The number of rotatable bonds is 3. The van der Waals surface area contributed by atoms with E-state index in [0.717, 1.165) is 40.7 Å². The Morgan fingerprint density at radius 3 is 2.96 bits per heavy atom. The van der Waals surface area contributed by atoms with Gasteiger partial charge >= 0.3 is 0 Å². The van der Waals surface area contributed by atoms with Crippen LogP contribution in [0.4, 0.5) is 5.69 Å². The first kappa shape index (κ1) is 15.8. The van der Waals surface area contributed by atoms with E-state index in [-0.39, 0.29) is 11.5 Å². The Kier molecular flexibility index (Phi) is 3.75. The molecule has 0 saturated carbocycles. The predicted molar refractivity (Wildman–Crippen MR) is 100 cm³/mol. The van der Waals surface area contributed by atoms with Crippen molar-refractivity contribution in [3.63, 3.8) is 0 Å². The molecule has 4 heteroatoms. The zero-order valence-electron chi connectivity index (χ0n) is 14.6. The molecule has 25 heavy (non-hydrogen) atoms. The highest BCUT2D eigenvalue weighted by atomic mass is 16.5. The van der Waals surface area contributed by atoms with Crippen molar-refractivity contribution in [3.05, 3.63) is 59.8 Å². The first-order valence-corrected chi connectivity index (χ1v) is 8.66. The Bertz CT molecular complexity index is 940. The van der Waals surface area contributed by atoms with Crippen molar-refractivity contribution in [1.82, 2.24) is 4.98 Å². The number of nitrogens with one attached hydrogen (secondary N) is 2. The fourth-order valence-corrected chi connectivity index (χ4v) is 3.34. The van der Waals surface area contributed by atoms with Crippen molar-refractivity contribution in [3.8, 4) is 5.75 Å². The van der Waals surface area contributed by atoms with Crippen molar-refractivity contribution in [1.29, 1.82) is 0 Å². The fraction of sp³-hybridized carbons (Fsp3) is 0.286. The van der Waals surface area contributed by atoms with Crippen LogP contribution in [0.15, 0.2) is 48.7 Å². The van der Waals surface area contributed by atoms with Gasteiger partial charge in [0.25, 0.3) is 0 Å². The van der Waals surface area contributed by atoms with E-state index in [1.807, 2.05) is 42.6 Å². The van der Waals surface area contributed by atoms with Gasteiger partial charge in [0.2, 0.25) is 5.91 Å². The molecule has 0 bridgehead atoms. The summed E-state index contributed by atoms with van der Waals surface area (Å²) in [5.74, 6) is 0.931. The summed E-state index contributed by atoms with van der Waals surface area (Å²) in [6.07, 6.45) is 4.24. The summed E-state index contributed by atoms with van der Waals surface area (Å²) in [6, 6.07) is 14.0. The number of benzene rings is 2. The maximum Gasteiger partial charge on any atom is 0.228 e. The molecule has 0 unspecified atom stereocenters. The average molecular weight is 334 g/mol. The molecule has 4 rings (SSSR count). The highest BCUT2D eigenvalue weighted by molar-refractivity contribution is 5.94. The number of anilines is 1. The maximum atomic E-state index is 12.4. The van der Waals surface area contributed by atoms with Crippen LogP contribution >= 0.6 is 0 Å². The normalized spacial score (nSPS) is 15.4. The Balaban J connectivity index is 1.45. The predicted octanol–water partition coefficient (Wildman–Crippen LogP) is 4.45. The highest BCUT2D eigenvalue weighted by Gasteiger charge is 2.26. The van der Waals surface area contributed by atoms with Crippen molar-refractivity contribution in [2.45, 2.75) is 38.7 Å². The molecule has 0 atom stereocenters. The van der Waals surface area contributed by atoms with E-state index in [9.17, 15) is 4.79 Å². The van der Waals surface area contributed by atoms with Crippen LogP contribution in [0.3, 0.4) is 0 Å². The highest BCUT2D eigenvalue weighted by Crippen LogP contribution is 2.33. The molecular formula is C21H22N2O2. The Morgan fingerprint density at radius 1 is 1.20 bits per heavy atom. The van der Waals surface area contributed by atoms with Gasteiger partial charge in [-0.2, -0.15) is 0 Å². The number of hydrogen-bond acceptors (Lipinski definition) is 2. The number of amides is 1. The second-order valence-electron chi connectivity index (χ2n) is 7.31. The summed E-state index contributed by atoms with van der Waals surface area (Å²) in [6.45, 7) is 4.22. The van der Waals surface area contributed by atoms with Gasteiger partial charge in [-0.25, -0.2) is 0 Å². The molecule has 0 fully saturated rings. The lowest BCUT2D eigenvalue weighted by molar-refractivity contribution is -0.115. The number of aryl methyl sites for hydroxylation is 1. The third-order valence-electron chi connectivity index (χ3n) is 4.71. The first-order valence-electron chi connectivity index (χ1n) is 8.66. The van der Waals surface area contributed by atoms with Crippen LogP contribution in [0.2, 0.25) is 0 Å². The Labute approximate surface area is 147 Å². The number of fused-ring (bicyclic) bond motifs is 2. The molecule has 1 aliphatic rings. The van der Waals surface area contributed by atoms with Crippen molar-refractivity contribution >= 4 is 22.5 Å². The van der Waals surface area contributed by atoms with Gasteiger partial charge in [-0.05, 0) is 67.5 Å². The molecule has 0 saturated heterocycles. The standard InChI is InChI=1S/C21H22N2O2/c1-21(2)9-7-16-11-14(3-6-19(16)25-21)12-20(24)23-17-5-4-15-8-10-22-18(15)13-17/h3-6,8,10-11,13,22H,7,9,12H2,1-2H3,(H,23,24). The van der Waals surface area contributed by atoms with Gasteiger partial charge in [-0.1, -0.05) is 18.2 Å². The molecule has 128 valence electrons. The number of aromatic nitrogens is 1. The molecule has 2 N–H and O–H groups in total. The summed E-state index contributed by atoms with van der Waals surface area (Å²) in [4.78, 5) is 15.5. The van der Waals surface area contributed by atoms with Crippen LogP contribution < -0.4 is 10.1 Å². The van der Waals surface area contributed by atoms with Gasteiger partial charge in [0.05, 0.1) is 6.42 Å². The van der Waals surface area contributed by atoms with Crippen LogP contribution in [-0.4, -0.2) is 16.5 Å². The van der Waals surface area contributed by atoms with E-state index in [2.05, 4.69) is 30.2 Å². The van der Waals surface area contributed by atoms with E-state index in [1.54, 1.807) is 0 Å². The molecule has 1 amide bonds. The second kappa shape index (κ2) is 5.96. The van der Waals surface area contributed by atoms with Crippen LogP contribution in [0.1, 0.15) is 31.4 Å². The fourth-order valence-electron chi connectivity index (χ4n) is 3.34. The van der Waals surface area contributed by atoms with Crippen molar-refractivity contribution in [2.75, 3.05) is 5.32 Å². The van der Waals surface area contributed by atoms with E-state index >= 15 is 0 Å². The molecule has 2 heterocycles. The summed E-state index contributed by atoms with van der Waals surface area (Å²) in [5.41, 5.74) is 3.93. The first-order chi connectivity index (χ1) is 12.0. The number of carbonyl (C=O) groups is 1. The molecular weight excluding hydrogens is 312 g/mol. The number of aromatic amines is 1. The van der Waals surface area contributed by atoms with E-state index < -0.39 is 0 Å². The Hall–Kier alpha value is -2.75. The van der Waals surface area contributed by atoms with Crippen molar-refractivity contribution < 1.29 is 9.53 Å². The zero-order chi connectivity index (χ0) is 17.4. The van der Waals surface area contributed by atoms with Gasteiger partial charge in [0.15, 0.2) is 0 Å². The average Bonchev–Trinajstić information content (AvgIpc) is 3.02. The molecule has 4 nitrogen and oxygen atoms in total. The molecule has 2 aromatic carbocycles. The van der Waals surface area contributed by atoms with Crippen LogP contribution in [0.25, 0.3) is 10.9 Å². The molecule has 1 aromatic heterocycles. The summed E-state index contributed by atoms with van der Waals surface area (Å²) in [7, 11) is 0. The number of carbonyl (C=O) groups excluding carboxylic acids is 1. The van der Waals surface area contributed by atoms with E-state index in [0.29, 0.717) is 6.42 Å². The van der Waals surface area contributed by atoms with Crippen LogP contribution in [0.5, 0.6) is 5.75 Å². The van der Waals surface area contributed by atoms with Gasteiger partial charge < -0.3 is 15.0 Å². The SMILES string of the molecule is CC1(C)CCc2cc(CC(=O)Nc3ccc4cc[nH]c4c3)ccc2O1. The zero-order valence-corrected chi connectivity index (χ0v) is 14.6. The minimum absolute atomic E-state index is 0.0112. The smallest absolute Gasteiger partial charge is 0.228 e. The minimum atomic E-state index is -0.109. The van der Waals surface area contributed by atoms with E-state index in [4.69, 9.17) is 4.74 Å². The van der Waals surface area contributed by atoms with Crippen LogP contribution in [0, 0.1) is 0 Å². The largest absolute Gasteiger partial charge is 0.488 e. The Morgan fingerprint density at radius 2 is 2.08 bits per heavy atom.